The summed E-state index contributed by atoms with van der Waals surface area (Å²) in [6.07, 6.45) is 0.0717. The van der Waals surface area contributed by atoms with Crippen molar-refractivity contribution in [1.82, 2.24) is 4.90 Å². The second-order valence-corrected chi connectivity index (χ2v) is 10.1. The number of benzene rings is 3. The van der Waals surface area contributed by atoms with Crippen LogP contribution in [-0.2, 0) is 21.5 Å². The number of nitrogens with zero attached hydrogens (tertiary/aromatic N) is 2. The fourth-order valence-corrected chi connectivity index (χ4v) is 4.89. The Hall–Kier alpha value is -3.37. The molecule has 0 saturated carbocycles. The molecular weight excluding hydrogens is 594 g/mol. The standard InChI is InChI=1S/C17H14BrN3O3.C9H9BrO2/c1-21-15(22)17(20-16(21)19)11-7-9(18)3-5-13(11)24-14-6-4-10(23-2)8-12(14)17;1-6-2-3-8(10)7(4-6)5-9(11)12/h3-8H,1-2H3,(H2,19,20);2-4H,5H2,1H3,(H,11,12). The molecule has 0 fully saturated rings. The highest BCUT2D eigenvalue weighted by molar-refractivity contribution is 9.10. The van der Waals surface area contributed by atoms with Crippen LogP contribution in [0.4, 0.5) is 0 Å². The zero-order valence-electron chi connectivity index (χ0n) is 19.7. The summed E-state index contributed by atoms with van der Waals surface area (Å²) in [6.45, 7) is 1.94. The molecule has 2 aliphatic heterocycles. The smallest absolute Gasteiger partial charge is 0.307 e. The molecule has 0 bridgehead atoms. The van der Waals surface area contributed by atoms with Crippen molar-refractivity contribution < 1.29 is 24.2 Å². The first-order chi connectivity index (χ1) is 17.1. The Bertz CT molecular complexity index is 1410. The summed E-state index contributed by atoms with van der Waals surface area (Å²) in [4.78, 5) is 29.5. The second kappa shape index (κ2) is 9.94. The van der Waals surface area contributed by atoms with Crippen LogP contribution in [0.5, 0.6) is 17.2 Å². The molecule has 3 aromatic carbocycles. The first-order valence-corrected chi connectivity index (χ1v) is 12.4. The number of amides is 1. The number of carboxylic acid groups (broad SMARTS) is 1. The summed E-state index contributed by atoms with van der Waals surface area (Å²) in [5.41, 5.74) is 7.87. The third kappa shape index (κ3) is 4.58. The summed E-state index contributed by atoms with van der Waals surface area (Å²) in [5, 5.41) is 8.56. The van der Waals surface area contributed by atoms with Gasteiger partial charge in [-0.15, -0.1) is 0 Å². The predicted molar refractivity (Wildman–Crippen MR) is 143 cm³/mol. The molecule has 0 aliphatic carbocycles. The van der Waals surface area contributed by atoms with Crippen LogP contribution in [0.2, 0.25) is 0 Å². The van der Waals surface area contributed by atoms with Crippen LogP contribution >= 0.6 is 31.9 Å². The lowest BCUT2D eigenvalue weighted by molar-refractivity contribution is -0.136. The number of carbonyl (C=O) groups excluding carboxylic acids is 1. The van der Waals surface area contributed by atoms with Gasteiger partial charge in [0.05, 0.1) is 13.5 Å². The number of ether oxygens (including phenoxy) is 2. The number of hydrogen-bond acceptors (Lipinski definition) is 6. The molecule has 5 rings (SSSR count). The van der Waals surface area contributed by atoms with E-state index in [9.17, 15) is 9.59 Å². The molecule has 0 aromatic heterocycles. The van der Waals surface area contributed by atoms with Gasteiger partial charge in [-0.3, -0.25) is 14.5 Å². The summed E-state index contributed by atoms with van der Waals surface area (Å²) in [6, 6.07) is 16.5. The maximum atomic E-state index is 13.1. The number of carboxylic acids is 1. The first kappa shape index (κ1) is 25.7. The number of halogens is 2. The van der Waals surface area contributed by atoms with Gasteiger partial charge in [0.1, 0.15) is 17.2 Å². The fourth-order valence-electron chi connectivity index (χ4n) is 4.14. The number of aryl methyl sites for hydroxylation is 1. The Morgan fingerprint density at radius 1 is 1.11 bits per heavy atom. The van der Waals surface area contributed by atoms with Crippen molar-refractivity contribution in [3.05, 3.63) is 85.8 Å². The van der Waals surface area contributed by atoms with E-state index in [-0.39, 0.29) is 18.3 Å². The van der Waals surface area contributed by atoms with Gasteiger partial charge in [-0.2, -0.15) is 0 Å². The van der Waals surface area contributed by atoms with E-state index < -0.39 is 11.5 Å². The van der Waals surface area contributed by atoms with Gasteiger partial charge in [0.2, 0.25) is 5.54 Å². The van der Waals surface area contributed by atoms with E-state index in [1.165, 1.54) is 4.90 Å². The molecule has 1 spiro atoms. The average Bonchev–Trinajstić information content (AvgIpc) is 3.06. The number of nitrogens with two attached hydrogens (primary N) is 1. The minimum Gasteiger partial charge on any atom is -0.497 e. The van der Waals surface area contributed by atoms with Gasteiger partial charge >= 0.3 is 5.97 Å². The topological polar surface area (TPSA) is 114 Å². The van der Waals surface area contributed by atoms with Crippen LogP contribution in [0.15, 0.2) is 68.5 Å². The van der Waals surface area contributed by atoms with Crippen molar-refractivity contribution in [3.8, 4) is 17.2 Å². The Kier molecular flexibility index (Phi) is 7.10. The van der Waals surface area contributed by atoms with Crippen molar-refractivity contribution in [2.75, 3.05) is 14.2 Å². The largest absolute Gasteiger partial charge is 0.497 e. The van der Waals surface area contributed by atoms with Gasteiger partial charge in [-0.05, 0) is 55.0 Å². The van der Waals surface area contributed by atoms with Crippen LogP contribution < -0.4 is 15.2 Å². The van der Waals surface area contributed by atoms with E-state index in [0.717, 1.165) is 20.1 Å². The van der Waals surface area contributed by atoms with Crippen molar-refractivity contribution in [1.29, 1.82) is 0 Å². The number of aliphatic imine (C=N–C) groups is 1. The van der Waals surface area contributed by atoms with Gasteiger partial charge in [0.25, 0.3) is 5.91 Å². The Morgan fingerprint density at radius 3 is 2.39 bits per heavy atom. The SMILES string of the molecule is COc1ccc2c(c1)C1(N=C(N)N(C)C1=O)c1cc(Br)ccc1O2.Cc1ccc(Br)c(CC(=O)O)c1. The number of fused-ring (bicyclic) bond motifs is 4. The molecule has 3 N–H and O–H groups in total. The van der Waals surface area contributed by atoms with Crippen molar-refractivity contribution in [2.24, 2.45) is 10.7 Å². The Morgan fingerprint density at radius 2 is 1.78 bits per heavy atom. The maximum absolute atomic E-state index is 13.1. The molecule has 2 aliphatic rings. The van der Waals surface area contributed by atoms with E-state index in [2.05, 4.69) is 36.9 Å². The number of rotatable bonds is 3. The zero-order chi connectivity index (χ0) is 26.2. The van der Waals surface area contributed by atoms with E-state index in [4.69, 9.17) is 20.3 Å². The lowest BCUT2D eigenvalue weighted by Gasteiger charge is -2.33. The minimum atomic E-state index is -1.26. The van der Waals surface area contributed by atoms with Gasteiger partial charge in [0.15, 0.2) is 5.96 Å². The van der Waals surface area contributed by atoms with E-state index >= 15 is 0 Å². The molecule has 1 unspecified atom stereocenters. The maximum Gasteiger partial charge on any atom is 0.307 e. The Labute approximate surface area is 225 Å². The number of methoxy groups -OCH3 is 1. The molecule has 10 heteroatoms. The molecule has 36 heavy (non-hydrogen) atoms. The molecule has 3 aromatic rings. The normalized spacial score (nSPS) is 17.4. The van der Waals surface area contributed by atoms with Gasteiger partial charge in [-0.1, -0.05) is 49.6 Å². The third-order valence-corrected chi connectivity index (χ3v) is 7.18. The monoisotopic (exact) mass is 615 g/mol. The lowest BCUT2D eigenvalue weighted by atomic mass is 9.80. The van der Waals surface area contributed by atoms with Crippen LogP contribution in [0.3, 0.4) is 0 Å². The quantitative estimate of drug-likeness (QED) is 0.429. The zero-order valence-corrected chi connectivity index (χ0v) is 22.9. The highest BCUT2D eigenvalue weighted by atomic mass is 79.9. The van der Waals surface area contributed by atoms with Crippen molar-refractivity contribution >= 4 is 49.7 Å². The number of guanidine groups is 1. The molecule has 186 valence electrons. The molecule has 1 amide bonds. The van der Waals surface area contributed by atoms with E-state index in [1.807, 2.05) is 43.3 Å². The molecular formula is C26H23Br2N3O5. The molecule has 2 heterocycles. The van der Waals surface area contributed by atoms with E-state index in [0.29, 0.717) is 28.4 Å². The summed E-state index contributed by atoms with van der Waals surface area (Å²) < 4.78 is 13.0. The number of carbonyl (C=O) groups is 2. The van der Waals surface area contributed by atoms with Crippen LogP contribution in [0.1, 0.15) is 22.3 Å². The number of likely N-dealkylation sites (N-methyl/N-ethyl adjacent to an activating group) is 1. The first-order valence-electron chi connectivity index (χ1n) is 10.8. The Balaban J connectivity index is 0.000000214. The molecule has 1 atom stereocenters. The fraction of sp³-hybridized carbons (Fsp3) is 0.192. The molecule has 8 nitrogen and oxygen atoms in total. The van der Waals surface area contributed by atoms with E-state index in [1.54, 1.807) is 32.4 Å². The van der Waals surface area contributed by atoms with Crippen LogP contribution in [-0.4, -0.2) is 42.0 Å². The van der Waals surface area contributed by atoms with Crippen molar-refractivity contribution in [2.45, 2.75) is 18.9 Å². The molecule has 0 saturated heterocycles. The number of hydrogen-bond donors (Lipinski definition) is 2. The highest BCUT2D eigenvalue weighted by Crippen LogP contribution is 2.52. The van der Waals surface area contributed by atoms with Crippen molar-refractivity contribution in [3.63, 3.8) is 0 Å². The van der Waals surface area contributed by atoms with Gasteiger partial charge in [-0.25, -0.2) is 4.99 Å². The van der Waals surface area contributed by atoms with Crippen LogP contribution in [0.25, 0.3) is 0 Å². The summed E-state index contributed by atoms with van der Waals surface area (Å²) >= 11 is 6.75. The average molecular weight is 617 g/mol. The molecule has 0 radical (unpaired) electrons. The van der Waals surface area contributed by atoms with Crippen LogP contribution in [0, 0.1) is 6.92 Å². The minimum absolute atomic E-state index is 0.0717. The van der Waals surface area contributed by atoms with Gasteiger partial charge < -0.3 is 20.3 Å². The van der Waals surface area contributed by atoms with Gasteiger partial charge in [0, 0.05) is 27.1 Å². The summed E-state index contributed by atoms with van der Waals surface area (Å²) in [7, 11) is 3.19. The predicted octanol–water partition coefficient (Wildman–Crippen LogP) is 4.98. The third-order valence-electron chi connectivity index (χ3n) is 5.91. The highest BCUT2D eigenvalue weighted by Gasteiger charge is 2.54. The second-order valence-electron chi connectivity index (χ2n) is 8.31. The summed E-state index contributed by atoms with van der Waals surface area (Å²) in [5.74, 6) is 0.897. The number of aliphatic carboxylic acids is 1. The lowest BCUT2D eigenvalue weighted by Crippen LogP contribution is -2.42.